The fourth-order valence-electron chi connectivity index (χ4n) is 3.93. The largest absolute Gasteiger partial charge is 0.481 e. The number of carbonyl (C=O) groups is 4. The number of aliphatic carboxylic acids is 1. The highest BCUT2D eigenvalue weighted by molar-refractivity contribution is 5.94. The van der Waals surface area contributed by atoms with Crippen LogP contribution in [0.2, 0.25) is 0 Å². The van der Waals surface area contributed by atoms with Crippen molar-refractivity contribution >= 4 is 34.5 Å². The summed E-state index contributed by atoms with van der Waals surface area (Å²) in [4.78, 5) is 49.6. The molecule has 2 atom stereocenters. The van der Waals surface area contributed by atoms with Crippen molar-refractivity contribution in [1.82, 2.24) is 16.0 Å². The Bertz CT molecular complexity index is 1230. The van der Waals surface area contributed by atoms with E-state index < -0.39 is 42.2 Å². The summed E-state index contributed by atoms with van der Waals surface area (Å²) < 4.78 is 5.10. The van der Waals surface area contributed by atoms with E-state index in [1.807, 2.05) is 72.8 Å². The predicted octanol–water partition coefficient (Wildman–Crippen LogP) is 2.18. The van der Waals surface area contributed by atoms with E-state index in [1.54, 1.807) is 0 Å². The van der Waals surface area contributed by atoms with Gasteiger partial charge in [0.25, 0.3) is 0 Å². The topological polar surface area (TPSA) is 134 Å². The van der Waals surface area contributed by atoms with Crippen LogP contribution in [0.15, 0.2) is 72.8 Å². The van der Waals surface area contributed by atoms with Crippen LogP contribution >= 0.6 is 0 Å². The van der Waals surface area contributed by atoms with Gasteiger partial charge in [-0.25, -0.2) is 0 Å². The van der Waals surface area contributed by atoms with Crippen molar-refractivity contribution in [3.63, 3.8) is 0 Å². The van der Waals surface area contributed by atoms with Gasteiger partial charge in [0.2, 0.25) is 17.7 Å². The number of methoxy groups -OCH3 is 1. The van der Waals surface area contributed by atoms with E-state index in [2.05, 4.69) is 16.0 Å². The Morgan fingerprint density at radius 2 is 1.54 bits per heavy atom. The fourth-order valence-corrected chi connectivity index (χ4v) is 3.93. The molecule has 0 aromatic heterocycles. The zero-order valence-corrected chi connectivity index (χ0v) is 20.6. The minimum atomic E-state index is -1.34. The van der Waals surface area contributed by atoms with Crippen LogP contribution in [0, 0.1) is 0 Å². The van der Waals surface area contributed by atoms with Gasteiger partial charge in [-0.05, 0) is 28.3 Å². The summed E-state index contributed by atoms with van der Waals surface area (Å²) in [7, 11) is 1.39. The third-order valence-electron chi connectivity index (χ3n) is 5.81. The summed E-state index contributed by atoms with van der Waals surface area (Å²) in [6, 6.07) is 20.5. The highest BCUT2D eigenvalue weighted by atomic mass is 16.5. The third kappa shape index (κ3) is 8.43. The number of ether oxygens (including phenoxy) is 1. The first-order chi connectivity index (χ1) is 17.9. The summed E-state index contributed by atoms with van der Waals surface area (Å²) >= 11 is 0. The second-order valence-electron chi connectivity index (χ2n) is 8.58. The number of aryl methyl sites for hydroxylation is 1. The SMILES string of the molecule is COCC(NC(=O)C(CC(=O)O)NC(=O)CCc1ccccc1)C(=O)NCc1cccc2ccccc12. The number of carboxylic acid groups (broad SMARTS) is 1. The minimum Gasteiger partial charge on any atom is -0.481 e. The van der Waals surface area contributed by atoms with Crippen LogP contribution in [-0.2, 0) is 36.9 Å². The molecular formula is C28H31N3O6. The first-order valence-corrected chi connectivity index (χ1v) is 12.0. The van der Waals surface area contributed by atoms with Gasteiger partial charge in [-0.1, -0.05) is 72.8 Å². The van der Waals surface area contributed by atoms with Crippen LogP contribution in [0.1, 0.15) is 24.0 Å². The zero-order valence-electron chi connectivity index (χ0n) is 20.6. The average molecular weight is 506 g/mol. The number of hydrogen-bond acceptors (Lipinski definition) is 5. The van der Waals surface area contributed by atoms with Gasteiger partial charge in [-0.3, -0.25) is 19.2 Å². The molecule has 0 heterocycles. The second kappa shape index (κ2) is 13.7. The highest BCUT2D eigenvalue weighted by Crippen LogP contribution is 2.18. The summed E-state index contributed by atoms with van der Waals surface area (Å²) in [5.41, 5.74) is 1.85. The monoisotopic (exact) mass is 505 g/mol. The van der Waals surface area contributed by atoms with E-state index in [-0.39, 0.29) is 19.6 Å². The van der Waals surface area contributed by atoms with E-state index in [4.69, 9.17) is 4.74 Å². The quantitative estimate of drug-likeness (QED) is 0.281. The second-order valence-corrected chi connectivity index (χ2v) is 8.58. The van der Waals surface area contributed by atoms with Gasteiger partial charge in [0.05, 0.1) is 13.0 Å². The molecule has 2 unspecified atom stereocenters. The standard InChI is InChI=1S/C28H31N3O6/c1-37-18-24(27(35)29-17-21-12-7-11-20-10-5-6-13-22(20)21)31-28(36)23(16-26(33)34)30-25(32)15-14-19-8-3-2-4-9-19/h2-13,23-24H,14-18H2,1H3,(H,29,35)(H,30,32)(H,31,36)(H,33,34). The Labute approximate surface area is 215 Å². The molecule has 0 spiro atoms. The molecule has 0 saturated carbocycles. The average Bonchev–Trinajstić information content (AvgIpc) is 2.90. The molecule has 0 aliphatic carbocycles. The lowest BCUT2D eigenvalue weighted by atomic mass is 10.0. The smallest absolute Gasteiger partial charge is 0.305 e. The lowest BCUT2D eigenvalue weighted by Crippen LogP contribution is -2.55. The van der Waals surface area contributed by atoms with Crippen LogP contribution in [-0.4, -0.2) is 54.6 Å². The lowest BCUT2D eigenvalue weighted by molar-refractivity contribution is -0.141. The Kier molecular flexibility index (Phi) is 10.2. The Hall–Kier alpha value is -4.24. The summed E-state index contributed by atoms with van der Waals surface area (Å²) in [6.45, 7) is 0.0971. The molecule has 9 nitrogen and oxygen atoms in total. The molecule has 4 N–H and O–H groups in total. The van der Waals surface area contributed by atoms with Crippen molar-refractivity contribution in [2.75, 3.05) is 13.7 Å². The number of fused-ring (bicyclic) bond motifs is 1. The van der Waals surface area contributed by atoms with Crippen LogP contribution in [0.5, 0.6) is 0 Å². The van der Waals surface area contributed by atoms with Crippen LogP contribution in [0.3, 0.4) is 0 Å². The van der Waals surface area contributed by atoms with Gasteiger partial charge in [-0.15, -0.1) is 0 Å². The molecule has 0 aliphatic rings. The number of rotatable bonds is 13. The molecule has 0 radical (unpaired) electrons. The molecule has 0 fully saturated rings. The van der Waals surface area contributed by atoms with Crippen molar-refractivity contribution in [1.29, 1.82) is 0 Å². The van der Waals surface area contributed by atoms with Gasteiger partial charge in [-0.2, -0.15) is 0 Å². The minimum absolute atomic E-state index is 0.0838. The number of hydrogen-bond donors (Lipinski definition) is 4. The number of nitrogens with one attached hydrogen (secondary N) is 3. The van der Waals surface area contributed by atoms with Crippen molar-refractivity contribution in [3.8, 4) is 0 Å². The molecule has 0 saturated heterocycles. The first-order valence-electron chi connectivity index (χ1n) is 12.0. The summed E-state index contributed by atoms with van der Waals surface area (Å²) in [5.74, 6) is -2.99. The molecule has 3 aromatic carbocycles. The van der Waals surface area contributed by atoms with Crippen molar-refractivity contribution < 1.29 is 29.0 Å². The molecule has 0 aliphatic heterocycles. The Balaban J connectivity index is 1.61. The molecule has 3 rings (SSSR count). The van der Waals surface area contributed by atoms with E-state index in [1.165, 1.54) is 7.11 Å². The summed E-state index contributed by atoms with van der Waals surface area (Å²) in [5, 5.41) is 19.1. The van der Waals surface area contributed by atoms with E-state index in [9.17, 15) is 24.3 Å². The van der Waals surface area contributed by atoms with Crippen LogP contribution < -0.4 is 16.0 Å². The van der Waals surface area contributed by atoms with E-state index in [0.29, 0.717) is 6.42 Å². The van der Waals surface area contributed by atoms with E-state index in [0.717, 1.165) is 21.9 Å². The van der Waals surface area contributed by atoms with E-state index >= 15 is 0 Å². The lowest BCUT2D eigenvalue weighted by Gasteiger charge is -2.22. The summed E-state index contributed by atoms with van der Waals surface area (Å²) in [6.07, 6.45) is -0.0996. The van der Waals surface area contributed by atoms with Gasteiger partial charge >= 0.3 is 5.97 Å². The van der Waals surface area contributed by atoms with Crippen molar-refractivity contribution in [2.24, 2.45) is 0 Å². The Morgan fingerprint density at radius 1 is 0.838 bits per heavy atom. The molecule has 3 amide bonds. The zero-order chi connectivity index (χ0) is 26.6. The Morgan fingerprint density at radius 3 is 2.27 bits per heavy atom. The van der Waals surface area contributed by atoms with Gasteiger partial charge < -0.3 is 25.8 Å². The van der Waals surface area contributed by atoms with Gasteiger partial charge in [0.15, 0.2) is 0 Å². The number of carbonyl (C=O) groups excluding carboxylic acids is 3. The maximum absolute atomic E-state index is 12.9. The molecule has 0 bridgehead atoms. The molecular weight excluding hydrogens is 474 g/mol. The van der Waals surface area contributed by atoms with Crippen molar-refractivity contribution in [2.45, 2.75) is 37.9 Å². The number of benzene rings is 3. The highest BCUT2D eigenvalue weighted by Gasteiger charge is 2.28. The van der Waals surface area contributed by atoms with Gasteiger partial charge in [0, 0.05) is 20.1 Å². The third-order valence-corrected chi connectivity index (χ3v) is 5.81. The van der Waals surface area contributed by atoms with Crippen molar-refractivity contribution in [3.05, 3.63) is 83.9 Å². The fraction of sp³-hybridized carbons (Fsp3) is 0.286. The van der Waals surface area contributed by atoms with Crippen LogP contribution in [0.25, 0.3) is 10.8 Å². The molecule has 3 aromatic rings. The number of amides is 3. The molecule has 9 heteroatoms. The maximum atomic E-state index is 12.9. The predicted molar refractivity (Wildman–Crippen MR) is 139 cm³/mol. The first kappa shape index (κ1) is 27.3. The molecule has 194 valence electrons. The normalized spacial score (nSPS) is 12.4. The number of carboxylic acids is 1. The molecule has 37 heavy (non-hydrogen) atoms. The van der Waals surface area contributed by atoms with Crippen LogP contribution in [0.4, 0.5) is 0 Å². The maximum Gasteiger partial charge on any atom is 0.305 e. The van der Waals surface area contributed by atoms with Gasteiger partial charge in [0.1, 0.15) is 12.1 Å².